The summed E-state index contributed by atoms with van der Waals surface area (Å²) in [6.07, 6.45) is 6.95. The maximum absolute atomic E-state index is 12.0. The lowest BCUT2D eigenvalue weighted by Gasteiger charge is -2.33. The Hall–Kier alpha value is -0.610. The van der Waals surface area contributed by atoms with E-state index in [4.69, 9.17) is 9.47 Å². The number of nitrogens with one attached hydrogen (secondary N) is 1. The van der Waals surface area contributed by atoms with Gasteiger partial charge in [-0.05, 0) is 57.3 Å². The predicted molar refractivity (Wildman–Crippen MR) is 83.1 cm³/mol. The number of methoxy groups -OCH3 is 1. The van der Waals surface area contributed by atoms with Crippen LogP contribution in [0, 0.1) is 11.8 Å². The van der Waals surface area contributed by atoms with Crippen molar-refractivity contribution < 1.29 is 14.3 Å². The first-order chi connectivity index (χ1) is 9.93. The van der Waals surface area contributed by atoms with Crippen molar-refractivity contribution in [2.75, 3.05) is 13.7 Å². The highest BCUT2D eigenvalue weighted by molar-refractivity contribution is 5.80. The Morgan fingerprint density at radius 2 is 1.81 bits per heavy atom. The minimum atomic E-state index is -0.609. The van der Waals surface area contributed by atoms with Crippen molar-refractivity contribution in [3.63, 3.8) is 0 Å². The molecule has 4 nitrogen and oxygen atoms in total. The normalized spacial score (nSPS) is 32.5. The Labute approximate surface area is 129 Å². The topological polar surface area (TPSA) is 47.6 Å². The highest BCUT2D eigenvalue weighted by Gasteiger charge is 2.39. The van der Waals surface area contributed by atoms with Crippen LogP contribution >= 0.6 is 0 Å². The summed E-state index contributed by atoms with van der Waals surface area (Å²) in [5, 5.41) is 3.42. The monoisotopic (exact) mass is 297 g/mol. The summed E-state index contributed by atoms with van der Waals surface area (Å²) < 4.78 is 11.0. The van der Waals surface area contributed by atoms with E-state index in [1.54, 1.807) is 0 Å². The molecule has 4 heteroatoms. The zero-order valence-electron chi connectivity index (χ0n) is 14.0. The van der Waals surface area contributed by atoms with Crippen LogP contribution in [0.5, 0.6) is 0 Å². The van der Waals surface area contributed by atoms with E-state index in [0.29, 0.717) is 25.2 Å². The van der Waals surface area contributed by atoms with Gasteiger partial charge in [-0.2, -0.15) is 0 Å². The molecule has 0 aromatic heterocycles. The maximum Gasteiger partial charge on any atom is 0.325 e. The van der Waals surface area contributed by atoms with E-state index >= 15 is 0 Å². The molecule has 0 amide bonds. The standard InChI is InChI=1S/C17H31NO3/c1-12-9-13(2)11-15(10-12)21-8-7-17(3,16(19)20-4)18-14-5-6-14/h12-15,18H,5-11H2,1-4H3. The SMILES string of the molecule is COC(=O)C(C)(CCOC1CC(C)CC(C)C1)NC1CC1. The summed E-state index contributed by atoms with van der Waals surface area (Å²) >= 11 is 0. The lowest BCUT2D eigenvalue weighted by Crippen LogP contribution is -2.52. The summed E-state index contributed by atoms with van der Waals surface area (Å²) in [6, 6.07) is 0.476. The highest BCUT2D eigenvalue weighted by atomic mass is 16.5. The molecule has 2 rings (SSSR count). The molecule has 0 bridgehead atoms. The zero-order valence-corrected chi connectivity index (χ0v) is 14.0. The summed E-state index contributed by atoms with van der Waals surface area (Å²) in [6.45, 7) is 7.17. The van der Waals surface area contributed by atoms with Gasteiger partial charge in [-0.1, -0.05) is 13.8 Å². The predicted octanol–water partition coefficient (Wildman–Crippen LogP) is 2.90. The first-order valence-corrected chi connectivity index (χ1v) is 8.40. The average Bonchev–Trinajstić information content (AvgIpc) is 3.20. The molecule has 2 aliphatic carbocycles. The van der Waals surface area contributed by atoms with Crippen molar-refractivity contribution >= 4 is 5.97 Å². The number of hydrogen-bond donors (Lipinski definition) is 1. The number of hydrogen-bond acceptors (Lipinski definition) is 4. The van der Waals surface area contributed by atoms with Gasteiger partial charge in [-0.3, -0.25) is 10.1 Å². The molecular weight excluding hydrogens is 266 g/mol. The molecule has 0 aliphatic heterocycles. The van der Waals surface area contributed by atoms with Crippen LogP contribution in [0.2, 0.25) is 0 Å². The van der Waals surface area contributed by atoms with E-state index in [0.717, 1.165) is 37.5 Å². The summed E-state index contributed by atoms with van der Waals surface area (Å²) in [5.41, 5.74) is -0.609. The highest BCUT2D eigenvalue weighted by Crippen LogP contribution is 2.31. The molecule has 0 saturated heterocycles. The van der Waals surface area contributed by atoms with Crippen molar-refractivity contribution in [2.24, 2.45) is 11.8 Å². The maximum atomic E-state index is 12.0. The third kappa shape index (κ3) is 4.96. The van der Waals surface area contributed by atoms with E-state index in [2.05, 4.69) is 19.2 Å². The van der Waals surface area contributed by atoms with Gasteiger partial charge in [0.15, 0.2) is 0 Å². The van der Waals surface area contributed by atoms with Crippen LogP contribution in [0.3, 0.4) is 0 Å². The van der Waals surface area contributed by atoms with E-state index < -0.39 is 5.54 Å². The van der Waals surface area contributed by atoms with Crippen LogP contribution < -0.4 is 5.32 Å². The van der Waals surface area contributed by atoms with Gasteiger partial charge in [-0.25, -0.2) is 0 Å². The molecule has 3 unspecified atom stereocenters. The van der Waals surface area contributed by atoms with Gasteiger partial charge in [0.2, 0.25) is 0 Å². The lowest BCUT2D eigenvalue weighted by molar-refractivity contribution is -0.149. The smallest absolute Gasteiger partial charge is 0.325 e. The van der Waals surface area contributed by atoms with Crippen molar-refractivity contribution in [1.82, 2.24) is 5.32 Å². The van der Waals surface area contributed by atoms with Crippen molar-refractivity contribution in [3.05, 3.63) is 0 Å². The molecule has 0 aromatic rings. The molecule has 0 heterocycles. The first-order valence-electron chi connectivity index (χ1n) is 8.40. The molecule has 0 radical (unpaired) electrons. The summed E-state index contributed by atoms with van der Waals surface area (Å²) in [5.74, 6) is 1.31. The largest absolute Gasteiger partial charge is 0.468 e. The van der Waals surface area contributed by atoms with Gasteiger partial charge >= 0.3 is 5.97 Å². The lowest BCUT2D eigenvalue weighted by atomic mass is 9.82. The fourth-order valence-corrected chi connectivity index (χ4v) is 3.58. The number of ether oxygens (including phenoxy) is 2. The molecule has 21 heavy (non-hydrogen) atoms. The Kier molecular flexibility index (Phi) is 5.67. The number of rotatable bonds is 7. The average molecular weight is 297 g/mol. The molecular formula is C17H31NO3. The van der Waals surface area contributed by atoms with Crippen LogP contribution in [-0.2, 0) is 14.3 Å². The zero-order chi connectivity index (χ0) is 15.5. The quantitative estimate of drug-likeness (QED) is 0.734. The molecule has 0 aromatic carbocycles. The third-order valence-electron chi connectivity index (χ3n) is 4.83. The summed E-state index contributed by atoms with van der Waals surface area (Å²) in [4.78, 5) is 12.0. The number of esters is 1. The molecule has 3 atom stereocenters. The molecule has 0 spiro atoms. The van der Waals surface area contributed by atoms with Crippen LogP contribution in [0.25, 0.3) is 0 Å². The Morgan fingerprint density at radius 3 is 2.33 bits per heavy atom. The number of carbonyl (C=O) groups excluding carboxylic acids is 1. The van der Waals surface area contributed by atoms with Crippen molar-refractivity contribution in [2.45, 2.75) is 77.0 Å². The molecule has 2 fully saturated rings. The molecule has 2 saturated carbocycles. The van der Waals surface area contributed by atoms with Gasteiger partial charge in [0.1, 0.15) is 5.54 Å². The molecule has 2 aliphatic rings. The van der Waals surface area contributed by atoms with Gasteiger partial charge in [-0.15, -0.1) is 0 Å². The Balaban J connectivity index is 1.79. The minimum Gasteiger partial charge on any atom is -0.468 e. The van der Waals surface area contributed by atoms with Gasteiger partial charge in [0.25, 0.3) is 0 Å². The van der Waals surface area contributed by atoms with E-state index in [1.165, 1.54) is 13.5 Å². The van der Waals surface area contributed by atoms with E-state index in [9.17, 15) is 4.79 Å². The Bertz CT molecular complexity index is 346. The fourth-order valence-electron chi connectivity index (χ4n) is 3.58. The second kappa shape index (κ2) is 7.10. The van der Waals surface area contributed by atoms with Crippen LogP contribution in [0.15, 0.2) is 0 Å². The van der Waals surface area contributed by atoms with Crippen molar-refractivity contribution in [1.29, 1.82) is 0 Å². The second-order valence-electron chi connectivity index (χ2n) is 7.40. The van der Waals surface area contributed by atoms with E-state index in [-0.39, 0.29) is 5.97 Å². The molecule has 1 N–H and O–H groups in total. The minimum absolute atomic E-state index is 0.177. The fraction of sp³-hybridized carbons (Fsp3) is 0.941. The molecule has 122 valence electrons. The number of carbonyl (C=O) groups is 1. The van der Waals surface area contributed by atoms with Crippen LogP contribution in [0.4, 0.5) is 0 Å². The Morgan fingerprint density at radius 1 is 1.19 bits per heavy atom. The summed E-state index contributed by atoms with van der Waals surface area (Å²) in [7, 11) is 1.46. The van der Waals surface area contributed by atoms with Crippen LogP contribution in [0.1, 0.15) is 59.3 Å². The van der Waals surface area contributed by atoms with E-state index in [1.807, 2.05) is 6.92 Å². The van der Waals surface area contributed by atoms with Crippen molar-refractivity contribution in [3.8, 4) is 0 Å². The van der Waals surface area contributed by atoms with Gasteiger partial charge in [0, 0.05) is 12.6 Å². The second-order valence-corrected chi connectivity index (χ2v) is 7.40. The van der Waals surface area contributed by atoms with Crippen LogP contribution in [-0.4, -0.2) is 37.4 Å². The first kappa shape index (κ1) is 16.8. The van der Waals surface area contributed by atoms with Gasteiger partial charge < -0.3 is 9.47 Å². The third-order valence-corrected chi connectivity index (χ3v) is 4.83. The van der Waals surface area contributed by atoms with Gasteiger partial charge in [0.05, 0.1) is 13.2 Å².